The van der Waals surface area contributed by atoms with Gasteiger partial charge in [-0.15, -0.1) is 11.3 Å². The number of rotatable bonds is 4. The van der Waals surface area contributed by atoms with E-state index < -0.39 is 17.7 Å². The molecular formula is C22H17NO5S. The number of aromatic hydroxyl groups is 1. The SMILES string of the molecule is COc1ccc(/C(O)=C2/C(=O)C(=O)N(c3ccccc3O)C2c2cccs2)cc1. The quantitative estimate of drug-likeness (QED) is 0.386. The number of thiophene rings is 1. The van der Waals surface area contributed by atoms with Crippen molar-refractivity contribution in [3.8, 4) is 11.5 Å². The van der Waals surface area contributed by atoms with Crippen molar-refractivity contribution in [1.29, 1.82) is 0 Å². The molecule has 0 saturated carbocycles. The van der Waals surface area contributed by atoms with Crippen molar-refractivity contribution in [2.45, 2.75) is 6.04 Å². The van der Waals surface area contributed by atoms with Crippen molar-refractivity contribution >= 4 is 34.5 Å². The number of methoxy groups -OCH3 is 1. The van der Waals surface area contributed by atoms with Gasteiger partial charge in [0.1, 0.15) is 23.3 Å². The molecule has 0 spiro atoms. The monoisotopic (exact) mass is 407 g/mol. The molecule has 29 heavy (non-hydrogen) atoms. The summed E-state index contributed by atoms with van der Waals surface area (Å²) in [6.07, 6.45) is 0. The summed E-state index contributed by atoms with van der Waals surface area (Å²) in [5, 5.41) is 23.1. The minimum atomic E-state index is -0.842. The van der Waals surface area contributed by atoms with Crippen molar-refractivity contribution in [3.05, 3.63) is 82.1 Å². The molecule has 3 aromatic rings. The van der Waals surface area contributed by atoms with Crippen LogP contribution in [0.4, 0.5) is 5.69 Å². The van der Waals surface area contributed by atoms with Gasteiger partial charge in [0.2, 0.25) is 0 Å². The predicted molar refractivity (Wildman–Crippen MR) is 110 cm³/mol. The molecule has 146 valence electrons. The number of phenols is 1. The Morgan fingerprint density at radius 3 is 2.38 bits per heavy atom. The number of carbonyl (C=O) groups excluding carboxylic acids is 2. The summed E-state index contributed by atoms with van der Waals surface area (Å²) in [6.45, 7) is 0. The number of nitrogens with zero attached hydrogens (tertiary/aromatic N) is 1. The minimum Gasteiger partial charge on any atom is -0.507 e. The van der Waals surface area contributed by atoms with E-state index in [0.717, 1.165) is 0 Å². The molecule has 1 atom stereocenters. The van der Waals surface area contributed by atoms with Crippen LogP contribution in [-0.2, 0) is 9.59 Å². The summed E-state index contributed by atoms with van der Waals surface area (Å²) in [5.41, 5.74) is 0.579. The molecule has 0 aliphatic carbocycles. The van der Waals surface area contributed by atoms with Gasteiger partial charge in [0.15, 0.2) is 0 Å². The third-order valence-electron chi connectivity index (χ3n) is 4.76. The minimum absolute atomic E-state index is 0.0223. The van der Waals surface area contributed by atoms with E-state index in [4.69, 9.17) is 4.74 Å². The fraction of sp³-hybridized carbons (Fsp3) is 0.0909. The average Bonchev–Trinajstić information content (AvgIpc) is 3.35. The van der Waals surface area contributed by atoms with E-state index in [-0.39, 0.29) is 22.8 Å². The van der Waals surface area contributed by atoms with Gasteiger partial charge in [-0.2, -0.15) is 0 Å². The Morgan fingerprint density at radius 1 is 1.03 bits per heavy atom. The highest BCUT2D eigenvalue weighted by Gasteiger charge is 2.48. The van der Waals surface area contributed by atoms with Gasteiger partial charge in [0.25, 0.3) is 11.7 Å². The van der Waals surface area contributed by atoms with Gasteiger partial charge in [0.05, 0.1) is 18.4 Å². The predicted octanol–water partition coefficient (Wildman–Crippen LogP) is 4.09. The number of aliphatic hydroxyl groups is 1. The van der Waals surface area contributed by atoms with E-state index >= 15 is 0 Å². The molecule has 2 aromatic carbocycles. The van der Waals surface area contributed by atoms with Crippen molar-refractivity contribution in [2.75, 3.05) is 12.0 Å². The first kappa shape index (κ1) is 18.8. The van der Waals surface area contributed by atoms with Crippen LogP contribution >= 0.6 is 11.3 Å². The number of benzene rings is 2. The van der Waals surface area contributed by atoms with Gasteiger partial charge in [0, 0.05) is 10.4 Å². The molecule has 0 bridgehead atoms. The number of hydrogen-bond donors (Lipinski definition) is 2. The molecule has 1 aromatic heterocycles. The standard InChI is InChI=1S/C22H17NO5S/c1-28-14-10-8-13(9-11-14)20(25)18-19(17-7-4-12-29-17)23(22(27)21(18)26)15-5-2-3-6-16(15)24/h2-12,19,24-25H,1H3/b20-18-. The first-order valence-corrected chi connectivity index (χ1v) is 9.67. The maximum absolute atomic E-state index is 12.9. The first-order valence-electron chi connectivity index (χ1n) is 8.79. The van der Waals surface area contributed by atoms with E-state index in [0.29, 0.717) is 16.2 Å². The van der Waals surface area contributed by atoms with Crippen LogP contribution in [0.15, 0.2) is 71.6 Å². The first-order chi connectivity index (χ1) is 14.0. The molecule has 1 fully saturated rings. The highest BCUT2D eigenvalue weighted by atomic mass is 32.1. The van der Waals surface area contributed by atoms with Crippen LogP contribution in [0, 0.1) is 0 Å². The van der Waals surface area contributed by atoms with Gasteiger partial charge in [-0.3, -0.25) is 14.5 Å². The van der Waals surface area contributed by atoms with Crippen LogP contribution < -0.4 is 9.64 Å². The highest BCUT2D eigenvalue weighted by Crippen LogP contribution is 2.45. The smallest absolute Gasteiger partial charge is 0.300 e. The zero-order valence-electron chi connectivity index (χ0n) is 15.4. The van der Waals surface area contributed by atoms with E-state index in [1.165, 1.54) is 29.4 Å². The molecular weight excluding hydrogens is 390 g/mol. The lowest BCUT2D eigenvalue weighted by molar-refractivity contribution is -0.132. The lowest BCUT2D eigenvalue weighted by Crippen LogP contribution is -2.29. The van der Waals surface area contributed by atoms with E-state index in [1.807, 2.05) is 5.38 Å². The number of Topliss-reactive ketones (excluding diaryl/α,β-unsaturated/α-hetero) is 1. The van der Waals surface area contributed by atoms with Gasteiger partial charge < -0.3 is 14.9 Å². The Hall–Kier alpha value is -3.58. The number of hydrogen-bond acceptors (Lipinski definition) is 6. The number of anilines is 1. The lowest BCUT2D eigenvalue weighted by Gasteiger charge is -2.24. The fourth-order valence-electron chi connectivity index (χ4n) is 3.37. The zero-order valence-corrected chi connectivity index (χ0v) is 16.2. The number of para-hydroxylation sites is 2. The number of ether oxygens (including phenoxy) is 1. The van der Waals surface area contributed by atoms with Gasteiger partial charge in [-0.25, -0.2) is 0 Å². The molecule has 6 nitrogen and oxygen atoms in total. The summed E-state index contributed by atoms with van der Waals surface area (Å²) in [6, 6.07) is 15.6. The number of ketones is 1. The van der Waals surface area contributed by atoms with Gasteiger partial charge in [-0.05, 0) is 47.8 Å². The highest BCUT2D eigenvalue weighted by molar-refractivity contribution is 7.10. The number of carbonyl (C=O) groups is 2. The Morgan fingerprint density at radius 2 is 1.76 bits per heavy atom. The van der Waals surface area contributed by atoms with Gasteiger partial charge >= 0.3 is 0 Å². The fourth-order valence-corrected chi connectivity index (χ4v) is 4.19. The maximum Gasteiger partial charge on any atom is 0.300 e. The summed E-state index contributed by atoms with van der Waals surface area (Å²) in [4.78, 5) is 27.8. The molecule has 7 heteroatoms. The molecule has 0 radical (unpaired) electrons. The summed E-state index contributed by atoms with van der Waals surface area (Å²) >= 11 is 1.36. The van der Waals surface area contributed by atoms with Crippen LogP contribution in [0.5, 0.6) is 11.5 Å². The summed E-state index contributed by atoms with van der Waals surface area (Å²) in [5.74, 6) is -1.41. The van der Waals surface area contributed by atoms with Crippen LogP contribution in [0.25, 0.3) is 5.76 Å². The largest absolute Gasteiger partial charge is 0.507 e. The van der Waals surface area contributed by atoms with Crippen LogP contribution in [0.2, 0.25) is 0 Å². The molecule has 1 unspecified atom stereocenters. The zero-order chi connectivity index (χ0) is 20.5. The lowest BCUT2D eigenvalue weighted by atomic mass is 9.99. The number of phenolic OH excluding ortho intramolecular Hbond substituents is 1. The second kappa shape index (κ2) is 7.44. The maximum atomic E-state index is 12.9. The van der Waals surface area contributed by atoms with E-state index in [1.54, 1.807) is 54.6 Å². The van der Waals surface area contributed by atoms with Crippen LogP contribution in [-0.4, -0.2) is 29.0 Å². The van der Waals surface area contributed by atoms with E-state index in [2.05, 4.69) is 0 Å². The Bertz CT molecular complexity index is 1100. The Balaban J connectivity index is 1.91. The molecule has 2 N–H and O–H groups in total. The molecule has 1 saturated heterocycles. The molecule has 1 amide bonds. The second-order valence-corrected chi connectivity index (χ2v) is 7.38. The molecule has 4 rings (SSSR count). The van der Waals surface area contributed by atoms with Crippen molar-refractivity contribution < 1.29 is 24.5 Å². The molecule has 1 aliphatic heterocycles. The Labute approximate surface area is 170 Å². The van der Waals surface area contributed by atoms with Crippen LogP contribution in [0.3, 0.4) is 0 Å². The third-order valence-corrected chi connectivity index (χ3v) is 5.69. The molecule has 2 heterocycles. The van der Waals surface area contributed by atoms with Crippen molar-refractivity contribution in [3.63, 3.8) is 0 Å². The van der Waals surface area contributed by atoms with Crippen LogP contribution in [0.1, 0.15) is 16.5 Å². The van der Waals surface area contributed by atoms with Gasteiger partial charge in [-0.1, -0.05) is 18.2 Å². The third kappa shape index (κ3) is 3.15. The Kier molecular flexibility index (Phi) is 4.82. The summed E-state index contributed by atoms with van der Waals surface area (Å²) in [7, 11) is 1.53. The normalized spacial score (nSPS) is 18.2. The van der Waals surface area contributed by atoms with E-state index in [9.17, 15) is 19.8 Å². The number of amides is 1. The van der Waals surface area contributed by atoms with Crippen molar-refractivity contribution in [1.82, 2.24) is 0 Å². The van der Waals surface area contributed by atoms with Crippen molar-refractivity contribution in [2.24, 2.45) is 0 Å². The second-order valence-electron chi connectivity index (χ2n) is 6.40. The number of aliphatic hydroxyl groups excluding tert-OH is 1. The molecule has 1 aliphatic rings. The average molecular weight is 407 g/mol. The summed E-state index contributed by atoms with van der Waals surface area (Å²) < 4.78 is 5.13. The topological polar surface area (TPSA) is 87.1 Å².